The first kappa shape index (κ1) is 17.0. The van der Waals surface area contributed by atoms with Gasteiger partial charge in [0.15, 0.2) is 11.5 Å². The number of aryl methyl sites for hydroxylation is 1. The number of ether oxygens (including phenoxy) is 1. The van der Waals surface area contributed by atoms with Crippen molar-refractivity contribution in [3.8, 4) is 0 Å². The van der Waals surface area contributed by atoms with E-state index in [-0.39, 0.29) is 12.0 Å². The number of pyridine rings is 1. The highest BCUT2D eigenvalue weighted by Gasteiger charge is 2.25. The van der Waals surface area contributed by atoms with Gasteiger partial charge in [0, 0.05) is 37.6 Å². The Kier molecular flexibility index (Phi) is 4.23. The molecule has 0 aliphatic carbocycles. The van der Waals surface area contributed by atoms with Crippen molar-refractivity contribution in [1.82, 2.24) is 14.9 Å². The molecule has 0 fully saturated rings. The summed E-state index contributed by atoms with van der Waals surface area (Å²) in [6, 6.07) is 5.33. The van der Waals surface area contributed by atoms with E-state index in [9.17, 15) is 9.59 Å². The van der Waals surface area contributed by atoms with Gasteiger partial charge < -0.3 is 19.4 Å². The second-order valence-corrected chi connectivity index (χ2v) is 6.34. The lowest BCUT2D eigenvalue weighted by Gasteiger charge is -2.28. The number of aromatic nitrogens is 2. The molecule has 0 saturated heterocycles. The van der Waals surface area contributed by atoms with Crippen LogP contribution in [-0.4, -0.2) is 40.5 Å². The molecule has 1 N–H and O–H groups in total. The molecule has 0 atom stereocenters. The van der Waals surface area contributed by atoms with Gasteiger partial charge in [-0.1, -0.05) is 0 Å². The molecule has 0 saturated carbocycles. The molecule has 0 bridgehead atoms. The van der Waals surface area contributed by atoms with Gasteiger partial charge in [-0.15, -0.1) is 0 Å². The number of methoxy groups -OCH3 is 1. The van der Waals surface area contributed by atoms with Crippen LogP contribution in [0.25, 0.3) is 11.1 Å². The van der Waals surface area contributed by atoms with Gasteiger partial charge in [0.25, 0.3) is 5.91 Å². The number of amides is 2. The summed E-state index contributed by atoms with van der Waals surface area (Å²) in [5.41, 5.74) is 4.23. The molecule has 1 aromatic carbocycles. The summed E-state index contributed by atoms with van der Waals surface area (Å²) in [5.74, 6) is 0.325. The Morgan fingerprint density at radius 2 is 2.15 bits per heavy atom. The van der Waals surface area contributed by atoms with E-state index >= 15 is 0 Å². The van der Waals surface area contributed by atoms with E-state index in [0.717, 1.165) is 16.6 Å². The standard InChI is InChI=1S/C19H18N4O4/c1-11-21-16-4-3-13(7-17(16)27-11)22-18(24)15-9-20-8-12-10-23(19(25)26-2)6-5-14(12)15/h3-4,7-9H,5-6,10H2,1-2H3,(H,22,24). The number of nitrogens with one attached hydrogen (secondary N) is 1. The number of oxazole rings is 1. The Morgan fingerprint density at radius 3 is 2.96 bits per heavy atom. The predicted molar refractivity (Wildman–Crippen MR) is 97.5 cm³/mol. The van der Waals surface area contributed by atoms with Crippen molar-refractivity contribution in [3.05, 3.63) is 53.2 Å². The highest BCUT2D eigenvalue weighted by Crippen LogP contribution is 2.24. The lowest BCUT2D eigenvalue weighted by atomic mass is 9.97. The molecule has 2 amide bonds. The van der Waals surface area contributed by atoms with Crippen molar-refractivity contribution < 1.29 is 18.7 Å². The zero-order chi connectivity index (χ0) is 19.0. The van der Waals surface area contributed by atoms with E-state index in [1.54, 1.807) is 42.4 Å². The maximum atomic E-state index is 12.8. The second-order valence-electron chi connectivity index (χ2n) is 6.34. The monoisotopic (exact) mass is 366 g/mol. The van der Waals surface area contributed by atoms with Gasteiger partial charge in [0.05, 0.1) is 19.2 Å². The minimum absolute atomic E-state index is 0.249. The fourth-order valence-corrected chi connectivity index (χ4v) is 3.29. The molecule has 2 aromatic heterocycles. The van der Waals surface area contributed by atoms with Crippen LogP contribution in [0.2, 0.25) is 0 Å². The van der Waals surface area contributed by atoms with Gasteiger partial charge in [-0.3, -0.25) is 9.78 Å². The summed E-state index contributed by atoms with van der Waals surface area (Å²) >= 11 is 0. The van der Waals surface area contributed by atoms with Crippen LogP contribution in [0.3, 0.4) is 0 Å². The summed E-state index contributed by atoms with van der Waals surface area (Å²) in [7, 11) is 1.35. The van der Waals surface area contributed by atoms with Gasteiger partial charge in [-0.25, -0.2) is 9.78 Å². The third-order valence-corrected chi connectivity index (χ3v) is 4.57. The number of benzene rings is 1. The largest absolute Gasteiger partial charge is 0.453 e. The Hall–Kier alpha value is -3.42. The molecular formula is C19H18N4O4. The van der Waals surface area contributed by atoms with Gasteiger partial charge in [0.1, 0.15) is 5.52 Å². The van der Waals surface area contributed by atoms with Crippen LogP contribution < -0.4 is 5.32 Å². The molecule has 8 heteroatoms. The van der Waals surface area contributed by atoms with E-state index in [0.29, 0.717) is 42.2 Å². The van der Waals surface area contributed by atoms with E-state index < -0.39 is 0 Å². The van der Waals surface area contributed by atoms with Crippen LogP contribution in [0.4, 0.5) is 10.5 Å². The van der Waals surface area contributed by atoms with Crippen molar-refractivity contribution in [1.29, 1.82) is 0 Å². The summed E-state index contributed by atoms with van der Waals surface area (Å²) < 4.78 is 10.3. The van der Waals surface area contributed by atoms with Crippen molar-refractivity contribution in [2.45, 2.75) is 19.9 Å². The first-order valence-electron chi connectivity index (χ1n) is 8.52. The molecule has 8 nitrogen and oxygen atoms in total. The molecule has 0 unspecified atom stereocenters. The number of hydrogen-bond donors (Lipinski definition) is 1. The molecule has 27 heavy (non-hydrogen) atoms. The Morgan fingerprint density at radius 1 is 1.30 bits per heavy atom. The maximum absolute atomic E-state index is 12.8. The Balaban J connectivity index is 1.58. The van der Waals surface area contributed by atoms with Crippen molar-refractivity contribution in [2.75, 3.05) is 19.0 Å². The summed E-state index contributed by atoms with van der Waals surface area (Å²) in [6.45, 7) is 2.64. The minimum Gasteiger partial charge on any atom is -0.453 e. The maximum Gasteiger partial charge on any atom is 0.409 e. The van der Waals surface area contributed by atoms with E-state index in [1.807, 2.05) is 0 Å². The SMILES string of the molecule is COC(=O)N1CCc2c(cncc2C(=O)Nc2ccc3nc(C)oc3c2)C1. The molecule has 4 rings (SSSR count). The topological polar surface area (TPSA) is 97.6 Å². The van der Waals surface area contributed by atoms with E-state index in [1.165, 1.54) is 7.11 Å². The average Bonchev–Trinajstić information content (AvgIpc) is 3.05. The van der Waals surface area contributed by atoms with E-state index in [4.69, 9.17) is 9.15 Å². The summed E-state index contributed by atoms with van der Waals surface area (Å²) in [6.07, 6.45) is 3.42. The van der Waals surface area contributed by atoms with Gasteiger partial charge in [-0.05, 0) is 29.7 Å². The quantitative estimate of drug-likeness (QED) is 0.749. The number of carbonyl (C=O) groups is 2. The highest BCUT2D eigenvalue weighted by atomic mass is 16.5. The molecule has 3 aromatic rings. The van der Waals surface area contributed by atoms with E-state index in [2.05, 4.69) is 15.3 Å². The molecule has 0 spiro atoms. The number of fused-ring (bicyclic) bond motifs is 2. The van der Waals surface area contributed by atoms with Crippen LogP contribution in [0, 0.1) is 6.92 Å². The van der Waals surface area contributed by atoms with Crippen LogP contribution in [0.1, 0.15) is 27.4 Å². The second kappa shape index (κ2) is 6.71. The first-order chi connectivity index (χ1) is 13.0. The Labute approximate surface area is 155 Å². The van der Waals surface area contributed by atoms with Crippen LogP contribution in [-0.2, 0) is 17.7 Å². The summed E-state index contributed by atoms with van der Waals surface area (Å²) in [4.78, 5) is 34.5. The Bertz CT molecular complexity index is 1040. The van der Waals surface area contributed by atoms with Gasteiger partial charge in [-0.2, -0.15) is 0 Å². The lowest BCUT2D eigenvalue weighted by molar-refractivity contribution is 0.102. The number of nitrogens with zero attached hydrogens (tertiary/aromatic N) is 3. The molecular weight excluding hydrogens is 348 g/mol. The average molecular weight is 366 g/mol. The minimum atomic E-state index is -0.383. The summed E-state index contributed by atoms with van der Waals surface area (Å²) in [5, 5.41) is 2.88. The van der Waals surface area contributed by atoms with Crippen LogP contribution in [0.15, 0.2) is 35.0 Å². The van der Waals surface area contributed by atoms with Gasteiger partial charge in [0.2, 0.25) is 0 Å². The molecule has 3 heterocycles. The molecule has 1 aliphatic rings. The number of rotatable bonds is 2. The number of anilines is 1. The third-order valence-electron chi connectivity index (χ3n) is 4.57. The first-order valence-corrected chi connectivity index (χ1v) is 8.52. The zero-order valence-electron chi connectivity index (χ0n) is 15.0. The highest BCUT2D eigenvalue weighted by molar-refractivity contribution is 6.06. The fraction of sp³-hybridized carbons (Fsp3) is 0.263. The fourth-order valence-electron chi connectivity index (χ4n) is 3.29. The van der Waals surface area contributed by atoms with Crippen LogP contribution in [0.5, 0.6) is 0 Å². The smallest absolute Gasteiger partial charge is 0.409 e. The van der Waals surface area contributed by atoms with Crippen molar-refractivity contribution in [2.24, 2.45) is 0 Å². The third kappa shape index (κ3) is 3.21. The number of carbonyl (C=O) groups excluding carboxylic acids is 2. The molecule has 0 radical (unpaired) electrons. The number of hydrogen-bond acceptors (Lipinski definition) is 6. The lowest BCUT2D eigenvalue weighted by Crippen LogP contribution is -2.36. The van der Waals surface area contributed by atoms with Crippen LogP contribution >= 0.6 is 0 Å². The zero-order valence-corrected chi connectivity index (χ0v) is 15.0. The van der Waals surface area contributed by atoms with Crippen molar-refractivity contribution >= 4 is 28.8 Å². The normalized spacial score (nSPS) is 13.3. The molecule has 1 aliphatic heterocycles. The van der Waals surface area contributed by atoms with Crippen molar-refractivity contribution in [3.63, 3.8) is 0 Å². The predicted octanol–water partition coefficient (Wildman–Crippen LogP) is 2.91. The van der Waals surface area contributed by atoms with Gasteiger partial charge >= 0.3 is 6.09 Å². The molecule has 138 valence electrons.